The average Bonchev–Trinajstić information content (AvgIpc) is 2.80. The Bertz CT molecular complexity index is 91.6. The highest BCUT2D eigenvalue weighted by Crippen LogP contribution is 2.18. The monoisotopic (exact) mass is 173 g/mol. The second-order valence-electron chi connectivity index (χ2n) is 3.28. The average molecular weight is 173 g/mol. The van der Waals surface area contributed by atoms with Gasteiger partial charge < -0.3 is 5.32 Å². The Balaban J connectivity index is 1.66. The first-order valence-electron chi connectivity index (χ1n) is 4.66. The van der Waals surface area contributed by atoms with Crippen molar-refractivity contribution in [1.29, 1.82) is 0 Å². The van der Waals surface area contributed by atoms with Crippen LogP contribution in [0.1, 0.15) is 32.1 Å². The molecular formula is C9H19NS. The molecule has 0 aromatic carbocycles. The standard InChI is InChI=1S/C9H19NS/c1-11-8-4-2-3-7-10-9-5-6-9/h9-10H,2-8H2,1H3. The van der Waals surface area contributed by atoms with Gasteiger partial charge in [-0.2, -0.15) is 11.8 Å². The van der Waals surface area contributed by atoms with Crippen LogP contribution in [0.15, 0.2) is 0 Å². The highest BCUT2D eigenvalue weighted by molar-refractivity contribution is 7.98. The van der Waals surface area contributed by atoms with E-state index in [1.54, 1.807) is 0 Å². The number of nitrogens with one attached hydrogen (secondary N) is 1. The summed E-state index contributed by atoms with van der Waals surface area (Å²) in [5.41, 5.74) is 0. The lowest BCUT2D eigenvalue weighted by molar-refractivity contribution is 0.616. The van der Waals surface area contributed by atoms with Crippen LogP contribution in [-0.2, 0) is 0 Å². The number of unbranched alkanes of at least 4 members (excludes halogenated alkanes) is 2. The summed E-state index contributed by atoms with van der Waals surface area (Å²) >= 11 is 1.96. The third-order valence-electron chi connectivity index (χ3n) is 2.04. The molecule has 1 saturated carbocycles. The van der Waals surface area contributed by atoms with Crippen LogP contribution in [-0.4, -0.2) is 24.6 Å². The van der Waals surface area contributed by atoms with E-state index in [2.05, 4.69) is 11.6 Å². The number of hydrogen-bond donors (Lipinski definition) is 1. The van der Waals surface area contributed by atoms with Crippen molar-refractivity contribution in [1.82, 2.24) is 5.32 Å². The van der Waals surface area contributed by atoms with Crippen LogP contribution in [0.5, 0.6) is 0 Å². The molecule has 1 nitrogen and oxygen atoms in total. The molecule has 1 fully saturated rings. The van der Waals surface area contributed by atoms with E-state index in [9.17, 15) is 0 Å². The van der Waals surface area contributed by atoms with Gasteiger partial charge in [-0.15, -0.1) is 0 Å². The highest BCUT2D eigenvalue weighted by Gasteiger charge is 2.19. The maximum atomic E-state index is 3.53. The molecule has 2 heteroatoms. The lowest BCUT2D eigenvalue weighted by Gasteiger charge is -2.01. The van der Waals surface area contributed by atoms with Gasteiger partial charge in [0.1, 0.15) is 0 Å². The molecule has 0 spiro atoms. The Kier molecular flexibility index (Phi) is 5.04. The fourth-order valence-electron chi connectivity index (χ4n) is 1.14. The quantitative estimate of drug-likeness (QED) is 0.593. The summed E-state index contributed by atoms with van der Waals surface area (Å²) in [5, 5.41) is 3.53. The normalized spacial score (nSPS) is 17.2. The van der Waals surface area contributed by atoms with Crippen LogP contribution in [0.4, 0.5) is 0 Å². The van der Waals surface area contributed by atoms with Gasteiger partial charge in [-0.1, -0.05) is 6.42 Å². The van der Waals surface area contributed by atoms with Crippen LogP contribution < -0.4 is 5.32 Å². The van der Waals surface area contributed by atoms with Crippen molar-refractivity contribution in [3.63, 3.8) is 0 Å². The lowest BCUT2D eigenvalue weighted by atomic mass is 10.2. The second kappa shape index (κ2) is 5.90. The molecule has 1 rings (SSSR count). The van der Waals surface area contributed by atoms with Crippen molar-refractivity contribution in [2.24, 2.45) is 0 Å². The fraction of sp³-hybridized carbons (Fsp3) is 1.00. The van der Waals surface area contributed by atoms with Crippen molar-refractivity contribution in [2.75, 3.05) is 18.6 Å². The molecule has 1 aliphatic rings. The first kappa shape index (κ1) is 9.40. The molecule has 0 atom stereocenters. The zero-order valence-electron chi connectivity index (χ0n) is 7.44. The fourth-order valence-corrected chi connectivity index (χ4v) is 1.63. The smallest absolute Gasteiger partial charge is 0.00682 e. The molecular weight excluding hydrogens is 154 g/mol. The zero-order valence-corrected chi connectivity index (χ0v) is 8.25. The largest absolute Gasteiger partial charge is 0.314 e. The molecule has 66 valence electrons. The van der Waals surface area contributed by atoms with Gasteiger partial charge in [0.15, 0.2) is 0 Å². The van der Waals surface area contributed by atoms with Crippen LogP contribution in [0.25, 0.3) is 0 Å². The van der Waals surface area contributed by atoms with Crippen molar-refractivity contribution in [3.8, 4) is 0 Å². The van der Waals surface area contributed by atoms with Gasteiger partial charge in [0, 0.05) is 6.04 Å². The Morgan fingerprint density at radius 3 is 2.73 bits per heavy atom. The maximum Gasteiger partial charge on any atom is 0.00682 e. The third-order valence-corrected chi connectivity index (χ3v) is 2.73. The third kappa shape index (κ3) is 5.57. The van der Waals surface area contributed by atoms with Crippen LogP contribution in [0, 0.1) is 0 Å². The van der Waals surface area contributed by atoms with Crippen molar-refractivity contribution >= 4 is 11.8 Å². The summed E-state index contributed by atoms with van der Waals surface area (Å²) < 4.78 is 0. The first-order valence-corrected chi connectivity index (χ1v) is 6.05. The maximum absolute atomic E-state index is 3.53. The summed E-state index contributed by atoms with van der Waals surface area (Å²) in [6.45, 7) is 1.25. The topological polar surface area (TPSA) is 12.0 Å². The minimum atomic E-state index is 0.899. The number of rotatable bonds is 7. The van der Waals surface area contributed by atoms with Gasteiger partial charge >= 0.3 is 0 Å². The predicted molar refractivity (Wildman–Crippen MR) is 53.3 cm³/mol. The molecule has 0 aromatic rings. The van der Waals surface area contributed by atoms with Gasteiger partial charge in [-0.3, -0.25) is 0 Å². The molecule has 1 aliphatic carbocycles. The number of thioether (sulfide) groups is 1. The van der Waals surface area contributed by atoms with Gasteiger partial charge in [0.05, 0.1) is 0 Å². The minimum absolute atomic E-state index is 0.899. The van der Waals surface area contributed by atoms with Gasteiger partial charge in [-0.25, -0.2) is 0 Å². The minimum Gasteiger partial charge on any atom is -0.314 e. The molecule has 0 amide bonds. The molecule has 0 unspecified atom stereocenters. The van der Waals surface area contributed by atoms with E-state index in [0.717, 1.165) is 6.04 Å². The molecule has 1 N–H and O–H groups in total. The van der Waals surface area contributed by atoms with E-state index in [1.807, 2.05) is 11.8 Å². The molecule has 0 saturated heterocycles. The Labute approximate surface area is 74.3 Å². The Morgan fingerprint density at radius 2 is 2.09 bits per heavy atom. The Hall–Kier alpha value is 0.310. The van der Waals surface area contributed by atoms with E-state index in [0.29, 0.717) is 0 Å². The lowest BCUT2D eigenvalue weighted by Crippen LogP contribution is -2.17. The van der Waals surface area contributed by atoms with E-state index in [4.69, 9.17) is 0 Å². The SMILES string of the molecule is CSCCCCCNC1CC1. The second-order valence-corrected chi connectivity index (χ2v) is 4.27. The van der Waals surface area contributed by atoms with Crippen LogP contribution in [0.2, 0.25) is 0 Å². The van der Waals surface area contributed by atoms with Crippen LogP contribution >= 0.6 is 11.8 Å². The van der Waals surface area contributed by atoms with Crippen LogP contribution in [0.3, 0.4) is 0 Å². The first-order chi connectivity index (χ1) is 5.43. The van der Waals surface area contributed by atoms with Gasteiger partial charge in [0.25, 0.3) is 0 Å². The van der Waals surface area contributed by atoms with E-state index < -0.39 is 0 Å². The Morgan fingerprint density at radius 1 is 1.27 bits per heavy atom. The van der Waals surface area contributed by atoms with Gasteiger partial charge in [-0.05, 0) is 44.2 Å². The summed E-state index contributed by atoms with van der Waals surface area (Å²) in [4.78, 5) is 0. The molecule has 0 aromatic heterocycles. The molecule has 0 aliphatic heterocycles. The molecule has 0 bridgehead atoms. The van der Waals surface area contributed by atoms with Gasteiger partial charge in [0.2, 0.25) is 0 Å². The van der Waals surface area contributed by atoms with E-state index in [-0.39, 0.29) is 0 Å². The van der Waals surface area contributed by atoms with Crippen molar-refractivity contribution in [3.05, 3.63) is 0 Å². The summed E-state index contributed by atoms with van der Waals surface area (Å²) in [7, 11) is 0. The molecule has 0 radical (unpaired) electrons. The van der Waals surface area contributed by atoms with Crippen molar-refractivity contribution < 1.29 is 0 Å². The predicted octanol–water partition coefficient (Wildman–Crippen LogP) is 2.27. The summed E-state index contributed by atoms with van der Waals surface area (Å²) in [5.74, 6) is 1.34. The highest BCUT2D eigenvalue weighted by atomic mass is 32.2. The summed E-state index contributed by atoms with van der Waals surface area (Å²) in [6, 6.07) is 0.899. The molecule has 0 heterocycles. The van der Waals surface area contributed by atoms with E-state index in [1.165, 1.54) is 44.4 Å². The van der Waals surface area contributed by atoms with Crippen molar-refractivity contribution in [2.45, 2.75) is 38.1 Å². The zero-order chi connectivity index (χ0) is 7.94. The number of hydrogen-bond acceptors (Lipinski definition) is 2. The molecule has 11 heavy (non-hydrogen) atoms. The van der Waals surface area contributed by atoms with E-state index >= 15 is 0 Å². The summed E-state index contributed by atoms with van der Waals surface area (Å²) in [6.07, 6.45) is 9.20.